The van der Waals surface area contributed by atoms with Crippen molar-refractivity contribution < 1.29 is 0 Å². The monoisotopic (exact) mass is 265 g/mol. The third-order valence-electron chi connectivity index (χ3n) is 3.69. The Balaban J connectivity index is 1.63. The van der Waals surface area contributed by atoms with Crippen LogP contribution in [-0.2, 0) is 6.54 Å². The molecule has 0 radical (unpaired) electrons. The fraction of sp³-hybridized carbons (Fsp3) is 0.538. The lowest BCUT2D eigenvalue weighted by atomic mass is 9.71. The number of nitrogens with zero attached hydrogens (tertiary/aromatic N) is 1. The largest absolute Gasteiger partial charge is 0.299 e. The van der Waals surface area contributed by atoms with Crippen LogP contribution in [0.25, 0.3) is 0 Å². The van der Waals surface area contributed by atoms with Gasteiger partial charge in [0.1, 0.15) is 0 Å². The molecule has 1 aromatic carbocycles. The van der Waals surface area contributed by atoms with Crippen LogP contribution in [0, 0.1) is 11.8 Å². The summed E-state index contributed by atoms with van der Waals surface area (Å²) in [5, 5.41) is 0. The quantitative estimate of drug-likeness (QED) is 0.794. The molecular formula is C13H16BrN. The molecule has 0 amide bonds. The zero-order chi connectivity index (χ0) is 10.3. The summed E-state index contributed by atoms with van der Waals surface area (Å²) in [6.07, 6.45) is 2.99. The second-order valence-corrected chi connectivity index (χ2v) is 5.94. The molecule has 3 aliphatic rings. The third-order valence-corrected chi connectivity index (χ3v) is 4.21. The van der Waals surface area contributed by atoms with E-state index in [0.29, 0.717) is 0 Å². The van der Waals surface area contributed by atoms with Crippen molar-refractivity contribution in [3.05, 3.63) is 34.3 Å². The SMILES string of the molecule is Brc1ccc(CN2CC3CC(C3)C2)cc1. The van der Waals surface area contributed by atoms with Crippen molar-refractivity contribution >= 4 is 15.9 Å². The molecule has 80 valence electrons. The molecule has 1 aromatic rings. The topological polar surface area (TPSA) is 3.24 Å². The van der Waals surface area contributed by atoms with Crippen molar-refractivity contribution in [3.8, 4) is 0 Å². The van der Waals surface area contributed by atoms with E-state index >= 15 is 0 Å². The predicted molar refractivity (Wildman–Crippen MR) is 65.6 cm³/mol. The van der Waals surface area contributed by atoms with Gasteiger partial charge < -0.3 is 0 Å². The van der Waals surface area contributed by atoms with E-state index in [4.69, 9.17) is 0 Å². The number of hydrogen-bond acceptors (Lipinski definition) is 1. The zero-order valence-electron chi connectivity index (χ0n) is 8.82. The van der Waals surface area contributed by atoms with Crippen molar-refractivity contribution in [1.29, 1.82) is 0 Å². The maximum Gasteiger partial charge on any atom is 0.0233 e. The standard InChI is InChI=1S/C13H16BrN/c14-13-3-1-10(2-4-13)7-15-8-11-5-12(6-11)9-15/h1-4,11-12H,5-9H2. The number of benzene rings is 1. The first-order valence-electron chi connectivity index (χ1n) is 5.76. The van der Waals surface area contributed by atoms with Crippen LogP contribution in [0.15, 0.2) is 28.7 Å². The van der Waals surface area contributed by atoms with E-state index in [1.165, 1.54) is 36.0 Å². The Bertz CT molecular complexity index is 330. The van der Waals surface area contributed by atoms with Gasteiger partial charge in [0, 0.05) is 24.1 Å². The van der Waals surface area contributed by atoms with Gasteiger partial charge in [0.25, 0.3) is 0 Å². The molecule has 2 heteroatoms. The van der Waals surface area contributed by atoms with Crippen LogP contribution in [0.4, 0.5) is 0 Å². The molecule has 0 aromatic heterocycles. The summed E-state index contributed by atoms with van der Waals surface area (Å²) in [5.74, 6) is 2.03. The first-order chi connectivity index (χ1) is 7.29. The number of rotatable bonds is 2. The highest BCUT2D eigenvalue weighted by atomic mass is 79.9. The van der Waals surface area contributed by atoms with Gasteiger partial charge in [-0.1, -0.05) is 28.1 Å². The van der Waals surface area contributed by atoms with Crippen LogP contribution >= 0.6 is 15.9 Å². The number of halogens is 1. The van der Waals surface area contributed by atoms with E-state index in [9.17, 15) is 0 Å². The van der Waals surface area contributed by atoms with Crippen LogP contribution in [0.5, 0.6) is 0 Å². The van der Waals surface area contributed by atoms with Crippen molar-refractivity contribution in [2.24, 2.45) is 11.8 Å². The zero-order valence-corrected chi connectivity index (χ0v) is 10.4. The summed E-state index contributed by atoms with van der Waals surface area (Å²) in [7, 11) is 0. The maximum absolute atomic E-state index is 3.47. The van der Waals surface area contributed by atoms with E-state index in [2.05, 4.69) is 45.1 Å². The van der Waals surface area contributed by atoms with Crippen LogP contribution in [0.1, 0.15) is 18.4 Å². The minimum atomic E-state index is 1.01. The van der Waals surface area contributed by atoms with Crippen LogP contribution < -0.4 is 0 Å². The van der Waals surface area contributed by atoms with E-state index in [1.54, 1.807) is 0 Å². The van der Waals surface area contributed by atoms with Gasteiger partial charge in [-0.3, -0.25) is 4.90 Å². The molecule has 2 saturated heterocycles. The summed E-state index contributed by atoms with van der Waals surface area (Å²) >= 11 is 3.47. The Kier molecular flexibility index (Phi) is 2.57. The van der Waals surface area contributed by atoms with Crippen LogP contribution in [0.2, 0.25) is 0 Å². The molecule has 2 bridgehead atoms. The molecule has 1 saturated carbocycles. The molecule has 4 rings (SSSR count). The molecule has 15 heavy (non-hydrogen) atoms. The predicted octanol–water partition coefficient (Wildman–Crippen LogP) is 3.29. The van der Waals surface area contributed by atoms with Gasteiger partial charge in [-0.05, 0) is 42.4 Å². The minimum absolute atomic E-state index is 1.01. The van der Waals surface area contributed by atoms with Crippen molar-refractivity contribution in [2.75, 3.05) is 13.1 Å². The molecule has 0 unspecified atom stereocenters. The average molecular weight is 266 g/mol. The minimum Gasteiger partial charge on any atom is -0.299 e. The fourth-order valence-electron chi connectivity index (χ4n) is 2.95. The molecular weight excluding hydrogens is 250 g/mol. The Morgan fingerprint density at radius 1 is 1.07 bits per heavy atom. The van der Waals surface area contributed by atoms with Gasteiger partial charge in [0.2, 0.25) is 0 Å². The summed E-state index contributed by atoms with van der Waals surface area (Å²) < 4.78 is 1.17. The maximum atomic E-state index is 3.47. The first kappa shape index (κ1) is 9.86. The van der Waals surface area contributed by atoms with Gasteiger partial charge in [-0.2, -0.15) is 0 Å². The van der Waals surface area contributed by atoms with Crippen LogP contribution in [0.3, 0.4) is 0 Å². The number of fused-ring (bicyclic) bond motifs is 2. The van der Waals surface area contributed by atoms with Gasteiger partial charge in [-0.25, -0.2) is 0 Å². The smallest absolute Gasteiger partial charge is 0.0233 e. The van der Waals surface area contributed by atoms with E-state index < -0.39 is 0 Å². The lowest BCUT2D eigenvalue weighted by Crippen LogP contribution is -2.47. The van der Waals surface area contributed by atoms with Crippen molar-refractivity contribution in [2.45, 2.75) is 19.4 Å². The Hall–Kier alpha value is -0.340. The summed E-state index contributed by atoms with van der Waals surface area (Å²) in [6.45, 7) is 3.79. The second-order valence-electron chi connectivity index (χ2n) is 5.02. The molecule has 0 N–H and O–H groups in total. The average Bonchev–Trinajstić information content (AvgIpc) is 2.21. The Morgan fingerprint density at radius 3 is 2.27 bits per heavy atom. The van der Waals surface area contributed by atoms with Crippen molar-refractivity contribution in [1.82, 2.24) is 4.90 Å². The van der Waals surface area contributed by atoms with Gasteiger partial charge in [0.15, 0.2) is 0 Å². The lowest BCUT2D eigenvalue weighted by Gasteiger charge is -2.47. The van der Waals surface area contributed by atoms with Gasteiger partial charge >= 0.3 is 0 Å². The highest BCUT2D eigenvalue weighted by Gasteiger charge is 2.36. The summed E-state index contributed by atoms with van der Waals surface area (Å²) in [4.78, 5) is 2.62. The first-order valence-corrected chi connectivity index (χ1v) is 6.56. The summed E-state index contributed by atoms with van der Waals surface area (Å²) in [6, 6.07) is 8.73. The Morgan fingerprint density at radius 2 is 1.67 bits per heavy atom. The van der Waals surface area contributed by atoms with E-state index in [1.807, 2.05) is 0 Å². The third kappa shape index (κ3) is 2.11. The van der Waals surface area contributed by atoms with Crippen molar-refractivity contribution in [3.63, 3.8) is 0 Å². The second kappa shape index (κ2) is 3.91. The van der Waals surface area contributed by atoms with E-state index in [-0.39, 0.29) is 0 Å². The summed E-state index contributed by atoms with van der Waals surface area (Å²) in [5.41, 5.74) is 1.44. The fourth-order valence-corrected chi connectivity index (χ4v) is 3.22. The molecule has 1 aliphatic carbocycles. The van der Waals surface area contributed by atoms with Gasteiger partial charge in [-0.15, -0.1) is 0 Å². The van der Waals surface area contributed by atoms with Gasteiger partial charge in [0.05, 0.1) is 0 Å². The molecule has 2 heterocycles. The molecule has 2 aliphatic heterocycles. The lowest BCUT2D eigenvalue weighted by molar-refractivity contribution is 0.0228. The normalized spacial score (nSPS) is 29.9. The molecule has 0 atom stereocenters. The molecule has 3 fully saturated rings. The number of piperidine rings is 2. The van der Waals surface area contributed by atoms with E-state index in [0.717, 1.165) is 18.4 Å². The van der Waals surface area contributed by atoms with Crippen LogP contribution in [-0.4, -0.2) is 18.0 Å². The number of hydrogen-bond donors (Lipinski definition) is 0. The highest BCUT2D eigenvalue weighted by molar-refractivity contribution is 9.10. The molecule has 0 spiro atoms. The Labute approximate surface area is 99.6 Å². The highest BCUT2D eigenvalue weighted by Crippen LogP contribution is 2.39. The molecule has 1 nitrogen and oxygen atoms in total.